The smallest absolute Gasteiger partial charge is 0.319 e. The Hall–Kier alpha value is -4.18. The Bertz CT molecular complexity index is 1370. The SMILES string of the molecule is CCn1cc(-c2cc(NC(=O)NCc3cccnc3)ccc2NS(=O)(=O)c2ccccc2)cn1. The Morgan fingerprint density at radius 1 is 1.03 bits per heavy atom. The van der Waals surface area contributed by atoms with Gasteiger partial charge in [-0.25, -0.2) is 13.2 Å². The van der Waals surface area contributed by atoms with Crippen LogP contribution in [0.2, 0.25) is 0 Å². The van der Waals surface area contributed by atoms with E-state index in [-0.39, 0.29) is 4.90 Å². The molecule has 2 amide bonds. The molecule has 174 valence electrons. The fourth-order valence-electron chi connectivity index (χ4n) is 3.29. The number of pyridine rings is 1. The number of urea groups is 1. The molecule has 0 fully saturated rings. The second-order valence-electron chi connectivity index (χ2n) is 7.43. The molecule has 0 aliphatic heterocycles. The van der Waals surface area contributed by atoms with Gasteiger partial charge in [0, 0.05) is 48.5 Å². The van der Waals surface area contributed by atoms with Crippen molar-refractivity contribution in [3.05, 3.63) is 91.0 Å². The molecule has 0 aliphatic rings. The van der Waals surface area contributed by atoms with Crippen LogP contribution >= 0.6 is 0 Å². The molecular formula is C24H24N6O3S. The lowest BCUT2D eigenvalue weighted by molar-refractivity contribution is 0.251. The van der Waals surface area contributed by atoms with Crippen molar-refractivity contribution >= 4 is 27.4 Å². The lowest BCUT2D eigenvalue weighted by Crippen LogP contribution is -2.28. The van der Waals surface area contributed by atoms with Gasteiger partial charge in [-0.2, -0.15) is 5.10 Å². The summed E-state index contributed by atoms with van der Waals surface area (Å²) in [4.78, 5) is 16.6. The maximum absolute atomic E-state index is 12.9. The number of hydrogen-bond acceptors (Lipinski definition) is 5. The van der Waals surface area contributed by atoms with Crippen LogP contribution in [0.15, 0.2) is 90.3 Å². The molecular weight excluding hydrogens is 452 g/mol. The number of aromatic nitrogens is 3. The molecule has 10 heteroatoms. The topological polar surface area (TPSA) is 118 Å². The van der Waals surface area contributed by atoms with Crippen molar-refractivity contribution in [3.8, 4) is 11.1 Å². The van der Waals surface area contributed by atoms with E-state index in [0.717, 1.165) is 5.56 Å². The molecule has 0 saturated carbocycles. The number of carbonyl (C=O) groups is 1. The van der Waals surface area contributed by atoms with Crippen LogP contribution in [-0.4, -0.2) is 29.2 Å². The molecule has 0 radical (unpaired) electrons. The van der Waals surface area contributed by atoms with E-state index in [2.05, 4.69) is 25.4 Å². The summed E-state index contributed by atoms with van der Waals surface area (Å²) in [6, 6.07) is 16.4. The number of hydrogen-bond donors (Lipinski definition) is 3. The normalized spacial score (nSPS) is 11.1. The second-order valence-corrected chi connectivity index (χ2v) is 9.11. The van der Waals surface area contributed by atoms with E-state index in [1.165, 1.54) is 12.1 Å². The van der Waals surface area contributed by atoms with E-state index in [1.54, 1.807) is 65.7 Å². The van der Waals surface area contributed by atoms with Gasteiger partial charge in [0.2, 0.25) is 0 Å². The molecule has 0 unspecified atom stereocenters. The molecule has 0 saturated heterocycles. The Morgan fingerprint density at radius 3 is 2.56 bits per heavy atom. The summed E-state index contributed by atoms with van der Waals surface area (Å²) in [6.07, 6.45) is 6.82. The first-order valence-corrected chi connectivity index (χ1v) is 12.1. The minimum absolute atomic E-state index is 0.155. The van der Waals surface area contributed by atoms with Crippen molar-refractivity contribution in [1.82, 2.24) is 20.1 Å². The fourth-order valence-corrected chi connectivity index (χ4v) is 4.39. The third kappa shape index (κ3) is 5.59. The minimum Gasteiger partial charge on any atom is -0.334 e. The lowest BCUT2D eigenvalue weighted by atomic mass is 10.1. The number of rotatable bonds is 8. The molecule has 0 bridgehead atoms. The Labute approximate surface area is 197 Å². The van der Waals surface area contributed by atoms with Crippen LogP contribution in [0.25, 0.3) is 11.1 Å². The average Bonchev–Trinajstić information content (AvgIpc) is 3.34. The van der Waals surface area contributed by atoms with Crippen LogP contribution in [-0.2, 0) is 23.1 Å². The number of carbonyl (C=O) groups excluding carboxylic acids is 1. The van der Waals surface area contributed by atoms with E-state index in [1.807, 2.05) is 19.2 Å². The molecule has 9 nitrogen and oxygen atoms in total. The standard InChI is InChI=1S/C24H24N6O3S/c1-2-30-17-19(16-27-30)22-13-20(28-24(31)26-15-18-7-6-12-25-14-18)10-11-23(22)29-34(32,33)21-8-4-3-5-9-21/h3-14,16-17,29H,2,15H2,1H3,(H2,26,28,31). The summed E-state index contributed by atoms with van der Waals surface area (Å²) in [6.45, 7) is 2.95. The third-order valence-corrected chi connectivity index (χ3v) is 6.40. The van der Waals surface area contributed by atoms with E-state index in [0.29, 0.717) is 35.6 Å². The van der Waals surface area contributed by atoms with E-state index in [9.17, 15) is 13.2 Å². The zero-order valence-electron chi connectivity index (χ0n) is 18.5. The Kier molecular flexibility index (Phi) is 6.88. The quantitative estimate of drug-likeness (QED) is 0.354. The maximum Gasteiger partial charge on any atom is 0.319 e. The molecule has 3 N–H and O–H groups in total. The first-order valence-electron chi connectivity index (χ1n) is 10.6. The van der Waals surface area contributed by atoms with Gasteiger partial charge in [0.25, 0.3) is 10.0 Å². The third-order valence-electron chi connectivity index (χ3n) is 5.02. The van der Waals surface area contributed by atoms with Gasteiger partial charge >= 0.3 is 6.03 Å². The summed E-state index contributed by atoms with van der Waals surface area (Å²) in [5, 5.41) is 9.86. The Balaban J connectivity index is 1.59. The number of nitrogens with zero attached hydrogens (tertiary/aromatic N) is 3. The van der Waals surface area contributed by atoms with Crippen LogP contribution in [0.1, 0.15) is 12.5 Å². The molecule has 2 heterocycles. The van der Waals surface area contributed by atoms with Gasteiger partial charge < -0.3 is 10.6 Å². The van der Waals surface area contributed by atoms with Crippen LogP contribution in [0.3, 0.4) is 0 Å². The highest BCUT2D eigenvalue weighted by atomic mass is 32.2. The molecule has 2 aromatic heterocycles. The zero-order chi connectivity index (χ0) is 24.0. The zero-order valence-corrected chi connectivity index (χ0v) is 19.3. The van der Waals surface area contributed by atoms with Crippen LogP contribution in [0.5, 0.6) is 0 Å². The highest BCUT2D eigenvalue weighted by molar-refractivity contribution is 7.92. The highest BCUT2D eigenvalue weighted by Gasteiger charge is 2.18. The van der Waals surface area contributed by atoms with Crippen LogP contribution in [0.4, 0.5) is 16.2 Å². The van der Waals surface area contributed by atoms with E-state index in [4.69, 9.17) is 0 Å². The lowest BCUT2D eigenvalue weighted by Gasteiger charge is -2.14. The van der Waals surface area contributed by atoms with Gasteiger partial charge in [-0.3, -0.25) is 14.4 Å². The van der Waals surface area contributed by atoms with Crippen molar-refractivity contribution in [1.29, 1.82) is 0 Å². The van der Waals surface area contributed by atoms with E-state index >= 15 is 0 Å². The first kappa shape index (κ1) is 23.0. The number of anilines is 2. The molecule has 2 aromatic carbocycles. The molecule has 0 aliphatic carbocycles. The summed E-state index contributed by atoms with van der Waals surface area (Å²) >= 11 is 0. The van der Waals surface area contributed by atoms with Gasteiger partial charge in [0.05, 0.1) is 16.8 Å². The highest BCUT2D eigenvalue weighted by Crippen LogP contribution is 2.32. The fraction of sp³-hybridized carbons (Fsp3) is 0.125. The predicted octanol–water partition coefficient (Wildman–Crippen LogP) is 4.09. The Morgan fingerprint density at radius 2 is 1.85 bits per heavy atom. The number of sulfonamides is 1. The molecule has 0 spiro atoms. The molecule has 4 aromatic rings. The monoisotopic (exact) mass is 476 g/mol. The second kappa shape index (κ2) is 10.2. The molecule has 4 rings (SSSR count). The van der Waals surface area contributed by atoms with Crippen molar-refractivity contribution in [3.63, 3.8) is 0 Å². The summed E-state index contributed by atoms with van der Waals surface area (Å²) in [5.74, 6) is 0. The number of benzene rings is 2. The van der Waals surface area contributed by atoms with Gasteiger partial charge in [-0.05, 0) is 48.9 Å². The molecule has 0 atom stereocenters. The van der Waals surface area contributed by atoms with Crippen molar-refractivity contribution < 1.29 is 13.2 Å². The minimum atomic E-state index is -3.80. The summed E-state index contributed by atoms with van der Waals surface area (Å²) < 4.78 is 30.2. The maximum atomic E-state index is 12.9. The predicted molar refractivity (Wildman–Crippen MR) is 131 cm³/mol. The van der Waals surface area contributed by atoms with Crippen molar-refractivity contribution in [2.24, 2.45) is 0 Å². The van der Waals surface area contributed by atoms with Crippen molar-refractivity contribution in [2.75, 3.05) is 10.0 Å². The number of aryl methyl sites for hydroxylation is 1. The van der Waals surface area contributed by atoms with Crippen LogP contribution in [0, 0.1) is 0 Å². The first-order chi connectivity index (χ1) is 16.4. The number of nitrogens with one attached hydrogen (secondary N) is 3. The van der Waals surface area contributed by atoms with E-state index < -0.39 is 16.1 Å². The average molecular weight is 477 g/mol. The van der Waals surface area contributed by atoms with Gasteiger partial charge in [-0.1, -0.05) is 24.3 Å². The van der Waals surface area contributed by atoms with Gasteiger partial charge in [-0.15, -0.1) is 0 Å². The molecule has 34 heavy (non-hydrogen) atoms. The summed E-state index contributed by atoms with van der Waals surface area (Å²) in [7, 11) is -3.80. The van der Waals surface area contributed by atoms with Gasteiger partial charge in [0.15, 0.2) is 0 Å². The largest absolute Gasteiger partial charge is 0.334 e. The number of amides is 2. The summed E-state index contributed by atoms with van der Waals surface area (Å²) in [5.41, 5.74) is 3.05. The van der Waals surface area contributed by atoms with Gasteiger partial charge in [0.1, 0.15) is 0 Å². The van der Waals surface area contributed by atoms with Crippen LogP contribution < -0.4 is 15.4 Å². The van der Waals surface area contributed by atoms with Crippen molar-refractivity contribution in [2.45, 2.75) is 24.9 Å².